The van der Waals surface area contributed by atoms with Gasteiger partial charge < -0.3 is 19.7 Å². The van der Waals surface area contributed by atoms with Gasteiger partial charge in [-0.05, 0) is 55.5 Å². The lowest BCUT2D eigenvalue weighted by Crippen LogP contribution is -2.54. The molecule has 1 fully saturated rings. The Morgan fingerprint density at radius 3 is 2.18 bits per heavy atom. The fourth-order valence-electron chi connectivity index (χ4n) is 5.66. The largest absolute Gasteiger partial charge is 0.497 e. The first-order valence-corrected chi connectivity index (χ1v) is 16.7. The van der Waals surface area contributed by atoms with Crippen molar-refractivity contribution in [1.82, 2.24) is 10.2 Å². The lowest BCUT2D eigenvalue weighted by Gasteiger charge is -2.34. The molecule has 0 radical (unpaired) electrons. The van der Waals surface area contributed by atoms with Gasteiger partial charge in [-0.2, -0.15) is 0 Å². The average Bonchev–Trinajstić information content (AvgIpc) is 3.06. The first-order valence-electron chi connectivity index (χ1n) is 15.2. The number of carbonyl (C=O) groups is 2. The number of hydrogen-bond acceptors (Lipinski definition) is 6. The van der Waals surface area contributed by atoms with E-state index in [1.165, 1.54) is 37.3 Å². The highest BCUT2D eigenvalue weighted by Gasteiger charge is 2.35. The van der Waals surface area contributed by atoms with Crippen LogP contribution in [-0.4, -0.2) is 64.5 Å². The minimum absolute atomic E-state index is 0.0237. The molecule has 0 heterocycles. The van der Waals surface area contributed by atoms with Gasteiger partial charge in [0.05, 0.1) is 24.8 Å². The Hall–Kier alpha value is -4.05. The van der Waals surface area contributed by atoms with Crippen molar-refractivity contribution in [3.63, 3.8) is 0 Å². The Morgan fingerprint density at radius 1 is 0.909 bits per heavy atom. The second-order valence-corrected chi connectivity index (χ2v) is 12.8. The zero-order chi connectivity index (χ0) is 31.5. The van der Waals surface area contributed by atoms with Crippen LogP contribution in [0.3, 0.4) is 0 Å². The third-order valence-electron chi connectivity index (χ3n) is 8.09. The van der Waals surface area contributed by atoms with Gasteiger partial charge in [0.2, 0.25) is 11.8 Å². The highest BCUT2D eigenvalue weighted by molar-refractivity contribution is 7.92. The molecule has 1 N–H and O–H groups in total. The molecule has 0 unspecified atom stereocenters. The number of sulfonamides is 1. The van der Waals surface area contributed by atoms with E-state index < -0.39 is 28.5 Å². The molecule has 3 aromatic carbocycles. The summed E-state index contributed by atoms with van der Waals surface area (Å²) in [6.45, 7) is 1.58. The monoisotopic (exact) mass is 621 g/mol. The zero-order valence-electron chi connectivity index (χ0n) is 25.8. The van der Waals surface area contributed by atoms with E-state index in [4.69, 9.17) is 9.47 Å². The molecule has 0 aromatic heterocycles. The van der Waals surface area contributed by atoms with E-state index >= 15 is 0 Å². The second kappa shape index (κ2) is 15.6. The molecule has 236 valence electrons. The minimum atomic E-state index is -4.23. The van der Waals surface area contributed by atoms with Crippen LogP contribution in [0, 0.1) is 0 Å². The van der Waals surface area contributed by atoms with Crippen molar-refractivity contribution in [1.29, 1.82) is 0 Å². The summed E-state index contributed by atoms with van der Waals surface area (Å²) in [6, 6.07) is 21.8. The van der Waals surface area contributed by atoms with Crippen LogP contribution >= 0.6 is 0 Å². The Kier molecular flexibility index (Phi) is 11.7. The number of rotatable bonds is 14. The smallest absolute Gasteiger partial charge is 0.264 e. The maximum absolute atomic E-state index is 14.3. The van der Waals surface area contributed by atoms with Crippen LogP contribution in [0.4, 0.5) is 5.69 Å². The summed E-state index contributed by atoms with van der Waals surface area (Å²) < 4.78 is 40.3. The number of carbonyl (C=O) groups excluding carboxylic acids is 2. The molecule has 1 atom stereocenters. The summed E-state index contributed by atoms with van der Waals surface area (Å²) >= 11 is 0. The number of anilines is 1. The van der Waals surface area contributed by atoms with E-state index in [0.717, 1.165) is 42.0 Å². The predicted octanol–water partition coefficient (Wildman–Crippen LogP) is 5.20. The van der Waals surface area contributed by atoms with Crippen molar-refractivity contribution in [3.05, 3.63) is 84.4 Å². The minimum Gasteiger partial charge on any atom is -0.497 e. The lowest BCUT2D eigenvalue weighted by molar-refractivity contribution is -0.140. The zero-order valence-corrected chi connectivity index (χ0v) is 26.6. The molecule has 1 aliphatic carbocycles. The van der Waals surface area contributed by atoms with Gasteiger partial charge in [0.25, 0.3) is 10.0 Å². The number of amides is 2. The molecule has 4 rings (SSSR count). The second-order valence-electron chi connectivity index (χ2n) is 11.0. The van der Waals surface area contributed by atoms with Gasteiger partial charge in [0.15, 0.2) is 0 Å². The van der Waals surface area contributed by atoms with Crippen LogP contribution < -0.4 is 19.1 Å². The van der Waals surface area contributed by atoms with E-state index in [0.29, 0.717) is 18.6 Å². The van der Waals surface area contributed by atoms with E-state index in [1.807, 2.05) is 37.3 Å². The average molecular weight is 622 g/mol. The molecule has 10 heteroatoms. The van der Waals surface area contributed by atoms with E-state index in [1.54, 1.807) is 30.3 Å². The molecule has 1 saturated carbocycles. The van der Waals surface area contributed by atoms with Gasteiger partial charge >= 0.3 is 0 Å². The molecule has 1 aliphatic rings. The van der Waals surface area contributed by atoms with Crippen LogP contribution in [-0.2, 0) is 26.0 Å². The quantitative estimate of drug-likeness (QED) is 0.265. The summed E-state index contributed by atoms with van der Waals surface area (Å²) in [4.78, 5) is 29.6. The number of methoxy groups -OCH3 is 2. The first kappa shape index (κ1) is 32.9. The van der Waals surface area contributed by atoms with Crippen molar-refractivity contribution in [3.8, 4) is 11.5 Å². The van der Waals surface area contributed by atoms with Gasteiger partial charge in [0.1, 0.15) is 24.1 Å². The van der Waals surface area contributed by atoms with E-state index in [2.05, 4.69) is 5.32 Å². The maximum Gasteiger partial charge on any atom is 0.264 e. The Morgan fingerprint density at radius 2 is 1.57 bits per heavy atom. The van der Waals surface area contributed by atoms with Gasteiger partial charge in [-0.25, -0.2) is 8.42 Å². The molecule has 44 heavy (non-hydrogen) atoms. The summed E-state index contributed by atoms with van der Waals surface area (Å²) in [5, 5.41) is 3.18. The molecule has 0 aliphatic heterocycles. The van der Waals surface area contributed by atoms with Crippen molar-refractivity contribution in [2.45, 2.75) is 68.8 Å². The fraction of sp³-hybridized carbons (Fsp3) is 0.412. The Bertz CT molecular complexity index is 1480. The maximum atomic E-state index is 14.3. The molecular formula is C34H43N3O6S. The standard InChI is InChI=1S/C34H43N3O6S/c1-4-30(34(39)35-27-16-10-6-11-17-27)36(23-22-26-14-8-5-9-15-26)33(38)25-37(44(40,41)29-18-12-7-13-19-29)31-24-28(42-2)20-21-32(31)43-3/h5,7-9,12-15,18-21,24,27,30H,4,6,10-11,16-17,22-23,25H2,1-3H3,(H,35,39)/t30-/m1/s1. The molecule has 0 bridgehead atoms. The van der Waals surface area contributed by atoms with Crippen LogP contribution in [0.2, 0.25) is 0 Å². The van der Waals surface area contributed by atoms with Crippen molar-refractivity contribution in [2.75, 3.05) is 31.6 Å². The van der Waals surface area contributed by atoms with Gasteiger partial charge in [-0.1, -0.05) is 74.7 Å². The van der Waals surface area contributed by atoms with Crippen molar-refractivity contribution >= 4 is 27.5 Å². The molecule has 0 saturated heterocycles. The van der Waals surface area contributed by atoms with E-state index in [9.17, 15) is 18.0 Å². The van der Waals surface area contributed by atoms with Crippen LogP contribution in [0.1, 0.15) is 51.0 Å². The third-order valence-corrected chi connectivity index (χ3v) is 9.86. The molecule has 9 nitrogen and oxygen atoms in total. The third kappa shape index (κ3) is 8.11. The first-order chi connectivity index (χ1) is 21.3. The topological polar surface area (TPSA) is 105 Å². The number of nitrogens with zero attached hydrogens (tertiary/aromatic N) is 2. The molecule has 3 aromatic rings. The summed E-state index contributed by atoms with van der Waals surface area (Å²) in [7, 11) is -1.31. The summed E-state index contributed by atoms with van der Waals surface area (Å²) in [5.41, 5.74) is 1.17. The highest BCUT2D eigenvalue weighted by atomic mass is 32.2. The highest BCUT2D eigenvalue weighted by Crippen LogP contribution is 2.36. The summed E-state index contributed by atoms with van der Waals surface area (Å²) in [5.74, 6) is -0.0371. The number of ether oxygens (including phenoxy) is 2. The SMILES string of the molecule is CC[C@H](C(=O)NC1CCCCC1)N(CCc1ccccc1)C(=O)CN(c1cc(OC)ccc1OC)S(=O)(=O)c1ccccc1. The Balaban J connectivity index is 1.72. The predicted molar refractivity (Wildman–Crippen MR) is 171 cm³/mol. The number of hydrogen-bond donors (Lipinski definition) is 1. The molecule has 2 amide bonds. The fourth-order valence-corrected chi connectivity index (χ4v) is 7.10. The van der Waals surface area contributed by atoms with Crippen molar-refractivity contribution < 1.29 is 27.5 Å². The van der Waals surface area contributed by atoms with Gasteiger partial charge in [-0.3, -0.25) is 13.9 Å². The van der Waals surface area contributed by atoms with Crippen LogP contribution in [0.25, 0.3) is 0 Å². The van der Waals surface area contributed by atoms with Gasteiger partial charge in [-0.15, -0.1) is 0 Å². The van der Waals surface area contributed by atoms with Crippen LogP contribution in [0.5, 0.6) is 11.5 Å². The number of nitrogens with one attached hydrogen (secondary N) is 1. The van der Waals surface area contributed by atoms with E-state index in [-0.39, 0.29) is 34.8 Å². The van der Waals surface area contributed by atoms with Crippen LogP contribution in [0.15, 0.2) is 83.8 Å². The van der Waals surface area contributed by atoms with Crippen molar-refractivity contribution in [2.24, 2.45) is 0 Å². The molecule has 0 spiro atoms. The lowest BCUT2D eigenvalue weighted by atomic mass is 9.95. The Labute approximate surface area is 261 Å². The normalized spacial score (nSPS) is 14.3. The summed E-state index contributed by atoms with van der Waals surface area (Å²) in [6.07, 6.45) is 6.00. The molecular weight excluding hydrogens is 578 g/mol. The number of benzene rings is 3. The van der Waals surface area contributed by atoms with Gasteiger partial charge in [0, 0.05) is 18.7 Å².